The van der Waals surface area contributed by atoms with Crippen LogP contribution in [0.15, 0.2) is 0 Å². The molecule has 2 bridgehead atoms. The van der Waals surface area contributed by atoms with Crippen molar-refractivity contribution >= 4 is 11.9 Å². The van der Waals surface area contributed by atoms with Crippen molar-refractivity contribution in [3.8, 4) is 0 Å². The summed E-state index contributed by atoms with van der Waals surface area (Å²) in [6.45, 7) is 3.96. The van der Waals surface area contributed by atoms with Gasteiger partial charge in [0.1, 0.15) is 5.82 Å². The molecule has 2 fully saturated rings. The van der Waals surface area contributed by atoms with Crippen LogP contribution >= 0.6 is 0 Å². The van der Waals surface area contributed by atoms with Crippen LogP contribution in [-0.2, 0) is 6.54 Å². The Balaban J connectivity index is 1.72. The first kappa shape index (κ1) is 14.5. The van der Waals surface area contributed by atoms with Gasteiger partial charge < -0.3 is 16.8 Å². The zero-order valence-corrected chi connectivity index (χ0v) is 12.6. The van der Waals surface area contributed by atoms with Gasteiger partial charge in [-0.3, -0.25) is 4.90 Å². The molecular formula is C14H25N7. The fourth-order valence-electron chi connectivity index (χ4n) is 3.71. The number of aromatic nitrogens is 3. The van der Waals surface area contributed by atoms with Gasteiger partial charge in [0.25, 0.3) is 0 Å². The lowest BCUT2D eigenvalue weighted by Crippen LogP contribution is -2.48. The average Bonchev–Trinajstić information content (AvgIpc) is 2.76. The van der Waals surface area contributed by atoms with Crippen LogP contribution in [0.4, 0.5) is 11.9 Å². The molecule has 3 heterocycles. The minimum atomic E-state index is 0.208. The Morgan fingerprint density at radius 3 is 2.29 bits per heavy atom. The second-order valence-corrected chi connectivity index (χ2v) is 6.20. The van der Waals surface area contributed by atoms with Crippen LogP contribution < -0.4 is 16.8 Å². The number of nitrogens with zero attached hydrogens (tertiary/aromatic N) is 4. The van der Waals surface area contributed by atoms with Crippen LogP contribution in [0.25, 0.3) is 0 Å². The molecule has 0 aromatic carbocycles. The molecular weight excluding hydrogens is 266 g/mol. The highest BCUT2D eigenvalue weighted by molar-refractivity contribution is 5.25. The molecule has 2 unspecified atom stereocenters. The molecule has 7 heteroatoms. The summed E-state index contributed by atoms with van der Waals surface area (Å²) in [5.74, 6) is 1.10. The van der Waals surface area contributed by atoms with Crippen LogP contribution in [0, 0.1) is 0 Å². The molecule has 0 saturated carbocycles. The number of hydrogen-bond acceptors (Lipinski definition) is 7. The smallest absolute Gasteiger partial charge is 0.225 e. The summed E-state index contributed by atoms with van der Waals surface area (Å²) in [5.41, 5.74) is 11.3. The Bertz CT molecular complexity index is 460. The molecule has 2 saturated heterocycles. The fourth-order valence-corrected chi connectivity index (χ4v) is 3.71. The van der Waals surface area contributed by atoms with Gasteiger partial charge in [0.15, 0.2) is 0 Å². The van der Waals surface area contributed by atoms with Crippen molar-refractivity contribution in [2.45, 2.75) is 63.7 Å². The molecule has 116 valence electrons. The van der Waals surface area contributed by atoms with Crippen molar-refractivity contribution in [1.82, 2.24) is 25.2 Å². The lowest BCUT2D eigenvalue weighted by Gasteiger charge is -2.37. The van der Waals surface area contributed by atoms with E-state index in [9.17, 15) is 0 Å². The van der Waals surface area contributed by atoms with Crippen molar-refractivity contribution in [2.24, 2.45) is 0 Å². The van der Waals surface area contributed by atoms with Crippen molar-refractivity contribution in [3.63, 3.8) is 0 Å². The fraction of sp³-hybridized carbons (Fsp3) is 0.786. The van der Waals surface area contributed by atoms with Crippen molar-refractivity contribution < 1.29 is 0 Å². The van der Waals surface area contributed by atoms with Crippen molar-refractivity contribution in [2.75, 3.05) is 18.0 Å². The van der Waals surface area contributed by atoms with Crippen LogP contribution in [-0.4, -0.2) is 44.5 Å². The summed E-state index contributed by atoms with van der Waals surface area (Å²) >= 11 is 0. The van der Waals surface area contributed by atoms with Crippen molar-refractivity contribution in [3.05, 3.63) is 5.82 Å². The third kappa shape index (κ3) is 3.41. The van der Waals surface area contributed by atoms with E-state index in [0.29, 0.717) is 30.5 Å². The van der Waals surface area contributed by atoms with E-state index in [1.165, 1.54) is 25.7 Å². The van der Waals surface area contributed by atoms with E-state index in [0.717, 1.165) is 13.0 Å². The minimum Gasteiger partial charge on any atom is -0.368 e. The molecule has 2 aliphatic heterocycles. The predicted molar refractivity (Wildman–Crippen MR) is 82.3 cm³/mol. The number of nitrogens with two attached hydrogens (primary N) is 2. The first-order chi connectivity index (χ1) is 10.1. The zero-order valence-electron chi connectivity index (χ0n) is 12.6. The van der Waals surface area contributed by atoms with Gasteiger partial charge in [0.05, 0.1) is 6.54 Å². The van der Waals surface area contributed by atoms with Crippen LogP contribution in [0.1, 0.15) is 44.9 Å². The summed E-state index contributed by atoms with van der Waals surface area (Å²) < 4.78 is 0. The van der Waals surface area contributed by atoms with Gasteiger partial charge in [-0.2, -0.15) is 15.0 Å². The summed E-state index contributed by atoms with van der Waals surface area (Å²) in [4.78, 5) is 14.8. The highest BCUT2D eigenvalue weighted by atomic mass is 15.2. The van der Waals surface area contributed by atoms with E-state index in [4.69, 9.17) is 11.5 Å². The summed E-state index contributed by atoms with van der Waals surface area (Å²) in [6, 6.07) is 1.96. The predicted octanol–water partition coefficient (Wildman–Crippen LogP) is 0.531. The van der Waals surface area contributed by atoms with Crippen LogP contribution in [0.5, 0.6) is 0 Å². The topological polar surface area (TPSA) is 106 Å². The second-order valence-electron chi connectivity index (χ2n) is 6.20. The summed E-state index contributed by atoms with van der Waals surface area (Å²) in [7, 11) is 0. The number of anilines is 2. The van der Waals surface area contributed by atoms with Crippen LogP contribution in [0.3, 0.4) is 0 Å². The Morgan fingerprint density at radius 2 is 1.71 bits per heavy atom. The first-order valence-corrected chi connectivity index (χ1v) is 7.90. The maximum Gasteiger partial charge on any atom is 0.225 e. The molecule has 0 amide bonds. The van der Waals surface area contributed by atoms with Gasteiger partial charge >= 0.3 is 0 Å². The summed E-state index contributed by atoms with van der Waals surface area (Å²) in [5, 5.41) is 3.69. The lowest BCUT2D eigenvalue weighted by molar-refractivity contribution is 0.131. The largest absolute Gasteiger partial charge is 0.368 e. The SMILES string of the molecule is CCCN(Cc1nc(N)nc(N)n1)C1CC2CCC(C1)N2. The maximum absolute atomic E-state index is 5.67. The van der Waals surface area contributed by atoms with Gasteiger partial charge in [0.2, 0.25) is 11.9 Å². The van der Waals surface area contributed by atoms with E-state index in [-0.39, 0.29) is 11.9 Å². The molecule has 7 nitrogen and oxygen atoms in total. The number of piperidine rings is 1. The normalized spacial score (nSPS) is 28.2. The molecule has 21 heavy (non-hydrogen) atoms. The third-order valence-corrected chi connectivity index (χ3v) is 4.54. The minimum absolute atomic E-state index is 0.208. The van der Waals surface area contributed by atoms with E-state index in [2.05, 4.69) is 32.1 Å². The molecule has 0 aliphatic carbocycles. The molecule has 5 N–H and O–H groups in total. The maximum atomic E-state index is 5.67. The number of nitrogens with one attached hydrogen (secondary N) is 1. The molecule has 0 spiro atoms. The monoisotopic (exact) mass is 291 g/mol. The van der Waals surface area contributed by atoms with Crippen LogP contribution in [0.2, 0.25) is 0 Å². The molecule has 1 aromatic heterocycles. The van der Waals surface area contributed by atoms with E-state index in [1.807, 2.05) is 0 Å². The quantitative estimate of drug-likeness (QED) is 0.726. The Kier molecular flexibility index (Phi) is 4.21. The average molecular weight is 291 g/mol. The highest BCUT2D eigenvalue weighted by Gasteiger charge is 2.36. The number of nitrogen functional groups attached to an aromatic ring is 2. The highest BCUT2D eigenvalue weighted by Crippen LogP contribution is 2.30. The van der Waals surface area contributed by atoms with E-state index in [1.54, 1.807) is 0 Å². The Morgan fingerprint density at radius 1 is 1.10 bits per heavy atom. The van der Waals surface area contributed by atoms with E-state index < -0.39 is 0 Å². The standard InChI is InChI=1S/C14H25N7/c1-2-5-21(8-12-18-13(15)20-14(16)19-12)11-6-9-3-4-10(7-11)17-9/h9-11,17H,2-8H2,1H3,(H4,15,16,18,19,20). The number of hydrogen-bond donors (Lipinski definition) is 3. The molecule has 2 aliphatic rings. The van der Waals surface area contributed by atoms with Gasteiger partial charge in [0, 0.05) is 18.1 Å². The molecule has 1 aromatic rings. The van der Waals surface area contributed by atoms with Crippen molar-refractivity contribution in [1.29, 1.82) is 0 Å². The van der Waals surface area contributed by atoms with E-state index >= 15 is 0 Å². The lowest BCUT2D eigenvalue weighted by atomic mass is 9.98. The number of fused-ring (bicyclic) bond motifs is 2. The summed E-state index contributed by atoms with van der Waals surface area (Å²) in [6.07, 6.45) is 6.17. The number of rotatable bonds is 5. The first-order valence-electron chi connectivity index (χ1n) is 7.90. The molecule has 2 atom stereocenters. The zero-order chi connectivity index (χ0) is 14.8. The molecule has 0 radical (unpaired) electrons. The second kappa shape index (κ2) is 6.11. The van der Waals surface area contributed by atoms with Gasteiger partial charge in [-0.25, -0.2) is 0 Å². The Labute approximate surface area is 125 Å². The Hall–Kier alpha value is -1.47. The van der Waals surface area contributed by atoms with Gasteiger partial charge in [-0.05, 0) is 38.6 Å². The van der Waals surface area contributed by atoms with Gasteiger partial charge in [-0.1, -0.05) is 6.92 Å². The van der Waals surface area contributed by atoms with Gasteiger partial charge in [-0.15, -0.1) is 0 Å². The third-order valence-electron chi connectivity index (χ3n) is 4.54. The molecule has 3 rings (SSSR count).